The van der Waals surface area contributed by atoms with Gasteiger partial charge in [0.2, 0.25) is 11.8 Å². The first-order valence-corrected chi connectivity index (χ1v) is 14.7. The average Bonchev–Trinajstić information content (AvgIpc) is 3.65. The number of esters is 1. The van der Waals surface area contributed by atoms with E-state index >= 15 is 0 Å². The summed E-state index contributed by atoms with van der Waals surface area (Å²) in [5, 5.41) is 0. The van der Waals surface area contributed by atoms with Crippen LogP contribution in [0.25, 0.3) is 0 Å². The minimum Gasteiger partial charge on any atom is -0.459 e. The molecular weight excluding hydrogens is 500 g/mol. The summed E-state index contributed by atoms with van der Waals surface area (Å²) >= 11 is 0. The summed E-state index contributed by atoms with van der Waals surface area (Å²) in [5.41, 5.74) is -0.0677. The average molecular weight is 551 g/mol. The number of ether oxygens (including phenoxy) is 1. The second kappa shape index (κ2) is 14.7. The predicted molar refractivity (Wildman–Crippen MR) is 149 cm³/mol. The van der Waals surface area contributed by atoms with Crippen LogP contribution in [0.1, 0.15) is 118 Å². The molecule has 2 unspecified atom stereocenters. The SMILES string of the molecule is CC(C)C12CCC(C1)C(=O)O2.CC(C)N1CCCC1=O.CC(C)N1CCCCC1=O.CC(C)c1coc(=O)o1. The van der Waals surface area contributed by atoms with Gasteiger partial charge in [-0.3, -0.25) is 14.4 Å². The van der Waals surface area contributed by atoms with Crippen LogP contribution in [0.4, 0.5) is 0 Å². The standard InChI is InChI=1S/C9H14O2.C8H15NO.C7H13NO.C6H8O3/c1-6(2)9-4-3-7(5-9)8(10)11-9;1-7(2)9-6-4-3-5-8(9)10;1-6(2)8-5-3-4-7(8)9;1-4(2)5-3-8-6(7)9-5/h6-7H,3-5H2,1-2H3;7H,3-6H2,1-2H3;6H,3-5H2,1-2H3;3-4H,1-2H3. The summed E-state index contributed by atoms with van der Waals surface area (Å²) in [6, 6.07) is 0.799. The highest BCUT2D eigenvalue weighted by Crippen LogP contribution is 2.49. The number of hydrogen-bond acceptors (Lipinski definition) is 7. The highest BCUT2D eigenvalue weighted by Gasteiger charge is 2.53. The summed E-state index contributed by atoms with van der Waals surface area (Å²) in [7, 11) is 0. The van der Waals surface area contributed by atoms with Crippen molar-refractivity contribution in [3.05, 3.63) is 22.6 Å². The number of carbonyl (C=O) groups excluding carboxylic acids is 3. The van der Waals surface area contributed by atoms with E-state index in [2.05, 4.69) is 50.4 Å². The summed E-state index contributed by atoms with van der Waals surface area (Å²) in [5.74, 6) is 1.61. The molecule has 1 aromatic rings. The molecule has 9 nitrogen and oxygen atoms in total. The summed E-state index contributed by atoms with van der Waals surface area (Å²) in [4.78, 5) is 47.4. The fourth-order valence-corrected chi connectivity index (χ4v) is 5.35. The molecule has 39 heavy (non-hydrogen) atoms. The predicted octanol–water partition coefficient (Wildman–Crippen LogP) is 5.52. The Kier molecular flexibility index (Phi) is 12.3. The van der Waals surface area contributed by atoms with Crippen molar-refractivity contribution in [2.45, 2.75) is 130 Å². The van der Waals surface area contributed by atoms with Gasteiger partial charge in [-0.05, 0) is 65.7 Å². The van der Waals surface area contributed by atoms with Gasteiger partial charge in [-0.1, -0.05) is 27.7 Å². The Balaban J connectivity index is 0.000000183. The summed E-state index contributed by atoms with van der Waals surface area (Å²) in [6.07, 6.45) is 9.30. The van der Waals surface area contributed by atoms with Crippen molar-refractivity contribution in [1.29, 1.82) is 0 Å². The zero-order valence-electron chi connectivity index (χ0n) is 25.3. The fourth-order valence-electron chi connectivity index (χ4n) is 5.35. The zero-order chi connectivity index (χ0) is 29.3. The Morgan fingerprint density at radius 1 is 0.821 bits per heavy atom. The molecule has 1 saturated carbocycles. The first-order valence-electron chi connectivity index (χ1n) is 14.7. The van der Waals surface area contributed by atoms with E-state index in [1.165, 1.54) is 12.7 Å². The highest BCUT2D eigenvalue weighted by atomic mass is 16.6. The van der Waals surface area contributed by atoms with Gasteiger partial charge in [0.1, 0.15) is 17.6 Å². The smallest absolute Gasteiger partial charge is 0.459 e. The Labute approximate surface area is 233 Å². The molecule has 9 heteroatoms. The van der Waals surface area contributed by atoms with Gasteiger partial charge in [0, 0.05) is 50.4 Å². The van der Waals surface area contributed by atoms with E-state index in [0.717, 1.165) is 58.0 Å². The van der Waals surface area contributed by atoms with Crippen LogP contribution in [0.2, 0.25) is 0 Å². The Morgan fingerprint density at radius 3 is 1.67 bits per heavy atom. The first-order chi connectivity index (χ1) is 18.3. The van der Waals surface area contributed by atoms with Gasteiger partial charge >= 0.3 is 11.8 Å². The number of carbonyl (C=O) groups is 3. The molecule has 4 heterocycles. The van der Waals surface area contributed by atoms with Gasteiger partial charge in [-0.2, -0.15) is 0 Å². The number of rotatable bonds is 4. The van der Waals surface area contributed by atoms with Crippen molar-refractivity contribution in [2.75, 3.05) is 13.1 Å². The van der Waals surface area contributed by atoms with Gasteiger partial charge in [-0.25, -0.2) is 4.79 Å². The normalized spacial score (nSPS) is 24.0. The molecule has 2 bridgehead atoms. The lowest BCUT2D eigenvalue weighted by Gasteiger charge is -2.30. The van der Waals surface area contributed by atoms with E-state index in [1.807, 2.05) is 23.6 Å². The third-order valence-electron chi connectivity index (χ3n) is 7.96. The molecule has 4 aliphatic rings. The van der Waals surface area contributed by atoms with Crippen LogP contribution >= 0.6 is 0 Å². The van der Waals surface area contributed by atoms with Gasteiger partial charge < -0.3 is 23.4 Å². The number of fused-ring (bicyclic) bond motifs is 2. The van der Waals surface area contributed by atoms with Crippen LogP contribution in [0.15, 0.2) is 19.9 Å². The lowest BCUT2D eigenvalue weighted by Crippen LogP contribution is -2.40. The molecule has 3 aliphatic heterocycles. The zero-order valence-corrected chi connectivity index (χ0v) is 25.3. The van der Waals surface area contributed by atoms with E-state index in [9.17, 15) is 19.2 Å². The molecule has 2 atom stereocenters. The van der Waals surface area contributed by atoms with Gasteiger partial charge in [-0.15, -0.1) is 0 Å². The monoisotopic (exact) mass is 550 g/mol. The minimum atomic E-state index is -0.626. The van der Waals surface area contributed by atoms with Crippen molar-refractivity contribution in [1.82, 2.24) is 9.80 Å². The fraction of sp³-hybridized carbons (Fsp3) is 0.800. The lowest BCUT2D eigenvalue weighted by molar-refractivity contribution is -0.159. The third-order valence-corrected chi connectivity index (χ3v) is 7.96. The Bertz CT molecular complexity index is 993. The maximum absolute atomic E-state index is 11.2. The Morgan fingerprint density at radius 2 is 1.38 bits per heavy atom. The maximum atomic E-state index is 11.2. The third kappa shape index (κ3) is 9.24. The quantitative estimate of drug-likeness (QED) is 0.454. The molecule has 0 radical (unpaired) electrons. The van der Waals surface area contributed by atoms with Crippen LogP contribution in [-0.4, -0.2) is 58.4 Å². The molecule has 0 N–H and O–H groups in total. The van der Waals surface area contributed by atoms with E-state index < -0.39 is 5.82 Å². The van der Waals surface area contributed by atoms with Crippen molar-refractivity contribution in [3.8, 4) is 0 Å². The molecule has 0 spiro atoms. The molecule has 3 saturated heterocycles. The minimum absolute atomic E-state index is 0.0463. The van der Waals surface area contributed by atoms with Crippen molar-refractivity contribution in [2.24, 2.45) is 11.8 Å². The number of likely N-dealkylation sites (tertiary alicyclic amines) is 2. The molecule has 1 aliphatic carbocycles. The molecule has 1 aromatic heterocycles. The highest BCUT2D eigenvalue weighted by molar-refractivity contribution is 5.78. The summed E-state index contributed by atoms with van der Waals surface area (Å²) < 4.78 is 14.4. The van der Waals surface area contributed by atoms with Crippen molar-refractivity contribution >= 4 is 17.8 Å². The molecule has 0 aromatic carbocycles. The number of piperidine rings is 1. The molecule has 2 amide bonds. The van der Waals surface area contributed by atoms with E-state index in [1.54, 1.807) is 0 Å². The second-order valence-electron chi connectivity index (χ2n) is 12.1. The first kappa shape index (κ1) is 32.6. The van der Waals surface area contributed by atoms with Gasteiger partial charge in [0.15, 0.2) is 0 Å². The molecular formula is C30H50N2O7. The van der Waals surface area contributed by atoms with Crippen molar-refractivity contribution in [3.63, 3.8) is 0 Å². The van der Waals surface area contributed by atoms with Crippen molar-refractivity contribution < 1.29 is 28.0 Å². The second-order valence-corrected chi connectivity index (χ2v) is 12.1. The van der Waals surface area contributed by atoms with Crippen LogP contribution in [0.5, 0.6) is 0 Å². The van der Waals surface area contributed by atoms with E-state index in [0.29, 0.717) is 35.6 Å². The topological polar surface area (TPSA) is 110 Å². The molecule has 4 fully saturated rings. The van der Waals surface area contributed by atoms with Crippen LogP contribution < -0.4 is 5.82 Å². The van der Waals surface area contributed by atoms with Crippen LogP contribution in [0.3, 0.4) is 0 Å². The van der Waals surface area contributed by atoms with Crippen LogP contribution in [-0.2, 0) is 19.1 Å². The Hall–Kier alpha value is -2.58. The van der Waals surface area contributed by atoms with Gasteiger partial charge in [0.25, 0.3) is 0 Å². The molecule has 5 rings (SSSR count). The largest absolute Gasteiger partial charge is 0.518 e. The molecule has 222 valence electrons. The number of amides is 2. The van der Waals surface area contributed by atoms with Gasteiger partial charge in [0.05, 0.1) is 5.92 Å². The van der Waals surface area contributed by atoms with E-state index in [-0.39, 0.29) is 23.4 Å². The summed E-state index contributed by atoms with van der Waals surface area (Å²) in [6.45, 7) is 18.3. The van der Waals surface area contributed by atoms with Crippen LogP contribution in [0, 0.1) is 11.8 Å². The lowest BCUT2D eigenvalue weighted by atomic mass is 9.89. The number of hydrogen-bond donors (Lipinski definition) is 0. The van der Waals surface area contributed by atoms with E-state index in [4.69, 9.17) is 4.74 Å². The maximum Gasteiger partial charge on any atom is 0.518 e. The number of nitrogens with zero attached hydrogens (tertiary/aromatic N) is 2.